The quantitative estimate of drug-likeness (QED) is 0.680. The van der Waals surface area contributed by atoms with E-state index < -0.39 is 10.0 Å². The Morgan fingerprint density at radius 2 is 1.88 bits per heavy atom. The van der Waals surface area contributed by atoms with Crippen LogP contribution in [0.25, 0.3) is 0 Å². The highest BCUT2D eigenvalue weighted by Gasteiger charge is 2.32. The largest absolute Gasteiger partial charge is 0.298 e. The maximum absolute atomic E-state index is 13.2. The van der Waals surface area contributed by atoms with Crippen LogP contribution < -0.4 is 5.32 Å². The number of nitrogens with zero attached hydrogens (tertiary/aromatic N) is 3. The Kier molecular flexibility index (Phi) is 7.29. The van der Waals surface area contributed by atoms with E-state index in [1.54, 1.807) is 22.5 Å². The molecule has 1 N–H and O–H groups in total. The summed E-state index contributed by atoms with van der Waals surface area (Å²) in [6.07, 6.45) is 4.77. The van der Waals surface area contributed by atoms with Gasteiger partial charge in [-0.05, 0) is 62.4 Å². The summed E-state index contributed by atoms with van der Waals surface area (Å²) >= 11 is 1.40. The van der Waals surface area contributed by atoms with Crippen molar-refractivity contribution in [2.24, 2.45) is 11.8 Å². The number of benzene rings is 1. The van der Waals surface area contributed by atoms with E-state index in [0.29, 0.717) is 35.6 Å². The Labute approximate surface area is 194 Å². The van der Waals surface area contributed by atoms with Gasteiger partial charge in [-0.1, -0.05) is 26.3 Å². The molecule has 2 fully saturated rings. The van der Waals surface area contributed by atoms with Gasteiger partial charge >= 0.3 is 0 Å². The topological polar surface area (TPSA) is 82.6 Å². The molecule has 32 heavy (non-hydrogen) atoms. The lowest BCUT2D eigenvalue weighted by molar-refractivity contribution is 0.102. The lowest BCUT2D eigenvalue weighted by Crippen LogP contribution is -2.42. The number of hydrogen-bond donors (Lipinski definition) is 1. The Morgan fingerprint density at radius 3 is 2.59 bits per heavy atom. The number of thiazole rings is 1. The third kappa shape index (κ3) is 5.57. The standard InChI is InChI=1S/C23H32N4O3S2/c1-17-11-18(2)14-27(13-17)32(29,30)21-8-6-7-19(12-21)22(28)25-23-24-20(16-31-23)15-26-9-4-3-5-10-26/h6-8,12,16-18H,3-5,9-11,13-15H2,1-2H3,(H,24,25,28). The number of hydrogen-bond acceptors (Lipinski definition) is 6. The predicted molar refractivity (Wildman–Crippen MR) is 127 cm³/mol. The normalized spacial score (nSPS) is 23.2. The van der Waals surface area contributed by atoms with Crippen LogP contribution in [0.4, 0.5) is 5.13 Å². The molecular formula is C23H32N4O3S2. The Hall–Kier alpha value is -1.81. The summed E-state index contributed by atoms with van der Waals surface area (Å²) in [6, 6.07) is 6.30. The van der Waals surface area contributed by atoms with Gasteiger partial charge in [0.2, 0.25) is 10.0 Å². The van der Waals surface area contributed by atoms with E-state index in [0.717, 1.165) is 31.7 Å². The van der Waals surface area contributed by atoms with Gasteiger partial charge in [-0.25, -0.2) is 13.4 Å². The Morgan fingerprint density at radius 1 is 1.16 bits per heavy atom. The Bertz CT molecular complexity index is 1040. The van der Waals surface area contributed by atoms with Gasteiger partial charge in [0.25, 0.3) is 5.91 Å². The summed E-state index contributed by atoms with van der Waals surface area (Å²) < 4.78 is 27.9. The summed E-state index contributed by atoms with van der Waals surface area (Å²) in [7, 11) is -3.63. The van der Waals surface area contributed by atoms with Crippen LogP contribution in [0.3, 0.4) is 0 Å². The Balaban J connectivity index is 1.43. The maximum Gasteiger partial charge on any atom is 0.257 e. The molecule has 1 amide bonds. The molecule has 2 aromatic rings. The van der Waals surface area contributed by atoms with E-state index in [-0.39, 0.29) is 10.8 Å². The van der Waals surface area contributed by atoms with Gasteiger partial charge in [-0.2, -0.15) is 4.31 Å². The summed E-state index contributed by atoms with van der Waals surface area (Å²) in [5.41, 5.74) is 1.27. The molecule has 2 unspecified atom stereocenters. The third-order valence-corrected chi connectivity index (χ3v) is 8.81. The molecule has 1 aromatic carbocycles. The molecule has 3 heterocycles. The molecule has 4 rings (SSSR count). The van der Waals surface area contributed by atoms with Gasteiger partial charge in [-0.15, -0.1) is 11.3 Å². The first-order chi connectivity index (χ1) is 15.3. The van der Waals surface area contributed by atoms with E-state index in [1.807, 2.05) is 5.38 Å². The number of amides is 1. The van der Waals surface area contributed by atoms with Crippen molar-refractivity contribution < 1.29 is 13.2 Å². The van der Waals surface area contributed by atoms with Crippen molar-refractivity contribution in [3.63, 3.8) is 0 Å². The van der Waals surface area contributed by atoms with E-state index in [9.17, 15) is 13.2 Å². The number of anilines is 1. The van der Waals surface area contributed by atoms with Crippen molar-refractivity contribution in [3.8, 4) is 0 Å². The number of carbonyl (C=O) groups is 1. The van der Waals surface area contributed by atoms with Crippen LogP contribution in [0.1, 0.15) is 55.6 Å². The molecule has 9 heteroatoms. The van der Waals surface area contributed by atoms with Crippen molar-refractivity contribution >= 4 is 32.4 Å². The van der Waals surface area contributed by atoms with E-state index in [2.05, 4.69) is 29.0 Å². The molecule has 2 saturated heterocycles. The third-order valence-electron chi connectivity index (χ3n) is 6.18. The van der Waals surface area contributed by atoms with Crippen molar-refractivity contribution in [1.29, 1.82) is 0 Å². The van der Waals surface area contributed by atoms with Gasteiger partial charge in [0.15, 0.2) is 5.13 Å². The first-order valence-corrected chi connectivity index (χ1v) is 13.7. The molecule has 174 valence electrons. The summed E-state index contributed by atoms with van der Waals surface area (Å²) in [5, 5.41) is 5.34. The smallest absolute Gasteiger partial charge is 0.257 e. The van der Waals surface area contributed by atoms with Crippen LogP contribution in [0.2, 0.25) is 0 Å². The molecule has 0 radical (unpaired) electrons. The summed E-state index contributed by atoms with van der Waals surface area (Å²) in [4.78, 5) is 19.9. The highest BCUT2D eigenvalue weighted by Crippen LogP contribution is 2.27. The van der Waals surface area contributed by atoms with Crippen LogP contribution in [-0.2, 0) is 16.6 Å². The molecule has 2 atom stereocenters. The van der Waals surface area contributed by atoms with Crippen LogP contribution >= 0.6 is 11.3 Å². The van der Waals surface area contributed by atoms with Crippen molar-refractivity contribution in [3.05, 3.63) is 40.9 Å². The molecular weight excluding hydrogens is 444 g/mol. The second kappa shape index (κ2) is 9.99. The molecule has 1 aromatic heterocycles. The SMILES string of the molecule is CC1CC(C)CN(S(=O)(=O)c2cccc(C(=O)Nc3nc(CN4CCCCC4)cs3)c2)C1. The zero-order valence-electron chi connectivity index (χ0n) is 18.8. The minimum Gasteiger partial charge on any atom is -0.298 e. The van der Waals surface area contributed by atoms with Crippen LogP contribution in [0.5, 0.6) is 0 Å². The fourth-order valence-electron chi connectivity index (χ4n) is 4.70. The molecule has 7 nitrogen and oxygen atoms in total. The molecule has 0 saturated carbocycles. The maximum atomic E-state index is 13.2. The van der Waals surface area contributed by atoms with Gasteiger partial charge < -0.3 is 0 Å². The summed E-state index contributed by atoms with van der Waals surface area (Å²) in [5.74, 6) is 0.300. The van der Waals surface area contributed by atoms with Crippen molar-refractivity contribution in [2.45, 2.75) is 51.0 Å². The predicted octanol–water partition coefficient (Wildman–Crippen LogP) is 4.05. The van der Waals surface area contributed by atoms with Gasteiger partial charge in [0, 0.05) is 30.6 Å². The van der Waals surface area contributed by atoms with Gasteiger partial charge in [0.1, 0.15) is 0 Å². The lowest BCUT2D eigenvalue weighted by Gasteiger charge is -2.34. The van der Waals surface area contributed by atoms with Crippen LogP contribution in [-0.4, -0.2) is 54.7 Å². The highest BCUT2D eigenvalue weighted by molar-refractivity contribution is 7.89. The van der Waals surface area contributed by atoms with E-state index in [1.165, 1.54) is 36.7 Å². The fourth-order valence-corrected chi connectivity index (χ4v) is 7.12. The molecule has 2 aliphatic heterocycles. The van der Waals surface area contributed by atoms with Gasteiger partial charge in [-0.3, -0.25) is 15.0 Å². The van der Waals surface area contributed by atoms with Gasteiger partial charge in [0.05, 0.1) is 10.6 Å². The van der Waals surface area contributed by atoms with E-state index >= 15 is 0 Å². The number of likely N-dealkylation sites (tertiary alicyclic amines) is 1. The van der Waals surface area contributed by atoms with Crippen LogP contribution in [0.15, 0.2) is 34.5 Å². The molecule has 0 bridgehead atoms. The number of sulfonamides is 1. The monoisotopic (exact) mass is 476 g/mol. The second-order valence-corrected chi connectivity index (χ2v) is 12.0. The zero-order valence-corrected chi connectivity index (χ0v) is 20.4. The van der Waals surface area contributed by atoms with Crippen molar-refractivity contribution in [2.75, 3.05) is 31.5 Å². The minimum absolute atomic E-state index is 0.163. The van der Waals surface area contributed by atoms with Crippen molar-refractivity contribution in [1.82, 2.24) is 14.2 Å². The number of carbonyl (C=O) groups excluding carboxylic acids is 1. The average Bonchev–Trinajstić information content (AvgIpc) is 3.20. The number of rotatable bonds is 6. The average molecular weight is 477 g/mol. The van der Waals surface area contributed by atoms with E-state index in [4.69, 9.17) is 0 Å². The molecule has 0 aliphatic carbocycles. The molecule has 2 aliphatic rings. The highest BCUT2D eigenvalue weighted by atomic mass is 32.2. The number of nitrogens with one attached hydrogen (secondary N) is 1. The fraction of sp³-hybridized carbons (Fsp3) is 0.565. The second-order valence-electron chi connectivity index (χ2n) is 9.23. The first kappa shape index (κ1) is 23.4. The zero-order chi connectivity index (χ0) is 22.7. The molecule has 0 spiro atoms. The minimum atomic E-state index is -3.63. The first-order valence-electron chi connectivity index (χ1n) is 11.4. The lowest BCUT2D eigenvalue weighted by atomic mass is 9.94. The number of aromatic nitrogens is 1. The summed E-state index contributed by atoms with van der Waals surface area (Å²) in [6.45, 7) is 8.17. The number of piperidine rings is 2. The van der Waals surface area contributed by atoms with Crippen LogP contribution in [0, 0.1) is 11.8 Å².